The number of amides is 1. The van der Waals surface area contributed by atoms with Crippen LogP contribution in [-0.4, -0.2) is 22.4 Å². The number of rotatable bonds is 4. The molecule has 4 nitrogen and oxygen atoms in total. The second-order valence-corrected chi connectivity index (χ2v) is 5.87. The van der Waals surface area contributed by atoms with Gasteiger partial charge in [0.1, 0.15) is 0 Å². The molecule has 3 rings (SSSR count). The van der Waals surface area contributed by atoms with Gasteiger partial charge in [-0.25, -0.2) is 4.98 Å². The van der Waals surface area contributed by atoms with Crippen molar-refractivity contribution in [3.8, 4) is 11.3 Å². The van der Waals surface area contributed by atoms with Crippen LogP contribution in [-0.2, 0) is 0 Å². The van der Waals surface area contributed by atoms with Gasteiger partial charge in [0.05, 0.1) is 16.8 Å². The number of nitrogens with zero attached hydrogens (tertiary/aromatic N) is 2. The molecule has 114 valence electrons. The van der Waals surface area contributed by atoms with E-state index in [2.05, 4.69) is 37.8 Å². The summed E-state index contributed by atoms with van der Waals surface area (Å²) in [4.78, 5) is 21.3. The number of pyridine rings is 2. The molecule has 2 aromatic heterocycles. The number of carbonyl (C=O) groups excluding carboxylic acids is 1. The number of nitrogens with one attached hydrogen (secondary N) is 1. The van der Waals surface area contributed by atoms with E-state index in [1.165, 1.54) is 0 Å². The van der Waals surface area contributed by atoms with Gasteiger partial charge >= 0.3 is 0 Å². The molecule has 1 aromatic carbocycles. The van der Waals surface area contributed by atoms with Crippen LogP contribution >= 0.6 is 15.9 Å². The lowest BCUT2D eigenvalue weighted by atomic mass is 10.0. The summed E-state index contributed by atoms with van der Waals surface area (Å²) in [7, 11) is 0. The molecule has 0 atom stereocenters. The highest BCUT2D eigenvalue weighted by Gasteiger charge is 2.14. The van der Waals surface area contributed by atoms with Crippen molar-refractivity contribution in [1.82, 2.24) is 15.3 Å². The molecule has 0 bridgehead atoms. The fourth-order valence-corrected chi connectivity index (χ4v) is 2.67. The Kier molecular flexibility index (Phi) is 4.48. The van der Waals surface area contributed by atoms with E-state index < -0.39 is 0 Å². The van der Waals surface area contributed by atoms with Crippen molar-refractivity contribution in [1.29, 1.82) is 0 Å². The van der Waals surface area contributed by atoms with Crippen LogP contribution in [0.1, 0.15) is 10.4 Å². The van der Waals surface area contributed by atoms with E-state index >= 15 is 0 Å². The van der Waals surface area contributed by atoms with Crippen molar-refractivity contribution in [3.63, 3.8) is 0 Å². The maximum atomic E-state index is 12.5. The minimum absolute atomic E-state index is 0.152. The molecule has 0 radical (unpaired) electrons. The smallest absolute Gasteiger partial charge is 0.252 e. The van der Waals surface area contributed by atoms with Gasteiger partial charge in [0.2, 0.25) is 0 Å². The molecular weight excluding hydrogens is 354 g/mol. The Bertz CT molecular complexity index is 878. The summed E-state index contributed by atoms with van der Waals surface area (Å²) in [6, 6.07) is 11.3. The van der Waals surface area contributed by atoms with Crippen molar-refractivity contribution < 1.29 is 4.79 Å². The van der Waals surface area contributed by atoms with Gasteiger partial charge < -0.3 is 5.32 Å². The van der Waals surface area contributed by atoms with Gasteiger partial charge in [-0.15, -0.1) is 6.58 Å². The summed E-state index contributed by atoms with van der Waals surface area (Å²) < 4.78 is 0.902. The van der Waals surface area contributed by atoms with Crippen molar-refractivity contribution in [2.75, 3.05) is 6.54 Å². The van der Waals surface area contributed by atoms with Crippen LogP contribution in [0.4, 0.5) is 0 Å². The predicted molar refractivity (Wildman–Crippen MR) is 95.2 cm³/mol. The van der Waals surface area contributed by atoms with Gasteiger partial charge in [0.15, 0.2) is 0 Å². The van der Waals surface area contributed by atoms with E-state index in [0.29, 0.717) is 12.1 Å². The Hall–Kier alpha value is -2.53. The van der Waals surface area contributed by atoms with Crippen molar-refractivity contribution in [2.45, 2.75) is 0 Å². The third-order valence-electron chi connectivity index (χ3n) is 3.38. The molecule has 0 saturated heterocycles. The van der Waals surface area contributed by atoms with Gasteiger partial charge in [-0.1, -0.05) is 22.0 Å². The minimum atomic E-state index is -0.152. The summed E-state index contributed by atoms with van der Waals surface area (Å²) in [5.41, 5.74) is 2.93. The van der Waals surface area contributed by atoms with Gasteiger partial charge in [-0.05, 0) is 36.4 Å². The monoisotopic (exact) mass is 367 g/mol. The second-order valence-electron chi connectivity index (χ2n) is 4.96. The zero-order valence-corrected chi connectivity index (χ0v) is 13.9. The standard InChI is InChI=1S/C18H14BrN3O/c1-2-7-21-18(23)15-10-17(12-4-3-8-20-11-12)22-16-6-5-13(19)9-14(15)16/h2-6,8-11H,1,7H2,(H,21,23). The minimum Gasteiger partial charge on any atom is -0.349 e. The van der Waals surface area contributed by atoms with Gasteiger partial charge in [-0.3, -0.25) is 9.78 Å². The Balaban J connectivity index is 2.19. The van der Waals surface area contributed by atoms with Crippen LogP contribution in [0.15, 0.2) is 65.9 Å². The van der Waals surface area contributed by atoms with Gasteiger partial charge in [0.25, 0.3) is 5.91 Å². The molecule has 0 fully saturated rings. The fraction of sp³-hybridized carbons (Fsp3) is 0.0556. The van der Waals surface area contributed by atoms with Crippen LogP contribution in [0.5, 0.6) is 0 Å². The highest BCUT2D eigenvalue weighted by molar-refractivity contribution is 9.10. The summed E-state index contributed by atoms with van der Waals surface area (Å²) in [5.74, 6) is -0.152. The molecule has 0 aliphatic heterocycles. The van der Waals surface area contributed by atoms with Gasteiger partial charge in [0, 0.05) is 34.4 Å². The Morgan fingerprint density at radius 1 is 1.30 bits per heavy atom. The summed E-state index contributed by atoms with van der Waals surface area (Å²) in [6.07, 6.45) is 5.09. The summed E-state index contributed by atoms with van der Waals surface area (Å²) in [5, 5.41) is 3.62. The van der Waals surface area contributed by atoms with Crippen LogP contribution in [0.2, 0.25) is 0 Å². The van der Waals surface area contributed by atoms with Crippen molar-refractivity contribution in [3.05, 3.63) is 71.5 Å². The first-order valence-electron chi connectivity index (χ1n) is 7.09. The molecular formula is C18H14BrN3O. The zero-order chi connectivity index (χ0) is 16.2. The lowest BCUT2D eigenvalue weighted by molar-refractivity contribution is 0.0959. The molecule has 1 N–H and O–H groups in total. The lowest BCUT2D eigenvalue weighted by Gasteiger charge is -2.10. The molecule has 23 heavy (non-hydrogen) atoms. The van der Waals surface area contributed by atoms with E-state index in [9.17, 15) is 4.79 Å². The largest absolute Gasteiger partial charge is 0.349 e. The lowest BCUT2D eigenvalue weighted by Crippen LogP contribution is -2.23. The Labute approximate surface area is 142 Å². The normalized spacial score (nSPS) is 10.5. The SMILES string of the molecule is C=CCNC(=O)c1cc(-c2cccnc2)nc2ccc(Br)cc12. The number of benzene rings is 1. The number of aromatic nitrogens is 2. The number of halogens is 1. The Morgan fingerprint density at radius 3 is 2.91 bits per heavy atom. The van der Waals surface area contributed by atoms with E-state index in [0.717, 1.165) is 26.6 Å². The number of fused-ring (bicyclic) bond motifs is 1. The molecule has 0 aliphatic rings. The summed E-state index contributed by atoms with van der Waals surface area (Å²) >= 11 is 3.45. The van der Waals surface area contributed by atoms with E-state index in [4.69, 9.17) is 0 Å². The van der Waals surface area contributed by atoms with E-state index in [1.54, 1.807) is 24.5 Å². The zero-order valence-electron chi connectivity index (χ0n) is 12.3. The molecule has 2 heterocycles. The maximum absolute atomic E-state index is 12.5. The first kappa shape index (κ1) is 15.4. The van der Waals surface area contributed by atoms with E-state index in [-0.39, 0.29) is 5.91 Å². The first-order valence-corrected chi connectivity index (χ1v) is 7.88. The second kappa shape index (κ2) is 6.71. The molecule has 0 aliphatic carbocycles. The van der Waals surface area contributed by atoms with Crippen LogP contribution in [0, 0.1) is 0 Å². The molecule has 3 aromatic rings. The summed E-state index contributed by atoms with van der Waals surface area (Å²) in [6.45, 7) is 4.04. The predicted octanol–water partition coefficient (Wildman–Crippen LogP) is 3.98. The highest BCUT2D eigenvalue weighted by Crippen LogP contribution is 2.26. The van der Waals surface area contributed by atoms with Gasteiger partial charge in [-0.2, -0.15) is 0 Å². The Morgan fingerprint density at radius 2 is 2.17 bits per heavy atom. The highest BCUT2D eigenvalue weighted by atomic mass is 79.9. The maximum Gasteiger partial charge on any atom is 0.252 e. The third kappa shape index (κ3) is 3.29. The van der Waals surface area contributed by atoms with Crippen LogP contribution in [0.3, 0.4) is 0 Å². The van der Waals surface area contributed by atoms with Crippen molar-refractivity contribution in [2.24, 2.45) is 0 Å². The van der Waals surface area contributed by atoms with Crippen LogP contribution < -0.4 is 5.32 Å². The third-order valence-corrected chi connectivity index (χ3v) is 3.87. The van der Waals surface area contributed by atoms with E-state index in [1.807, 2.05) is 30.3 Å². The fourth-order valence-electron chi connectivity index (χ4n) is 2.31. The van der Waals surface area contributed by atoms with Crippen LogP contribution in [0.25, 0.3) is 22.2 Å². The quantitative estimate of drug-likeness (QED) is 0.709. The topological polar surface area (TPSA) is 54.9 Å². The first-order chi connectivity index (χ1) is 11.2. The van der Waals surface area contributed by atoms with Crippen molar-refractivity contribution >= 4 is 32.7 Å². The number of hydrogen-bond donors (Lipinski definition) is 1. The average Bonchev–Trinajstić information content (AvgIpc) is 2.59. The number of carbonyl (C=O) groups is 1. The number of hydrogen-bond acceptors (Lipinski definition) is 3. The molecule has 5 heteroatoms. The molecule has 0 spiro atoms. The molecule has 1 amide bonds. The molecule has 0 saturated carbocycles. The molecule has 0 unspecified atom stereocenters. The average molecular weight is 368 g/mol.